The van der Waals surface area contributed by atoms with E-state index in [1.165, 1.54) is 18.4 Å². The second-order valence-electron chi connectivity index (χ2n) is 10.7. The van der Waals surface area contributed by atoms with Crippen molar-refractivity contribution in [2.24, 2.45) is 10.9 Å². The summed E-state index contributed by atoms with van der Waals surface area (Å²) in [5.74, 6) is 0.514. The number of fused-ring (bicyclic) bond motifs is 1. The van der Waals surface area contributed by atoms with Crippen molar-refractivity contribution >= 4 is 34.8 Å². The van der Waals surface area contributed by atoms with Gasteiger partial charge in [0.05, 0.1) is 17.4 Å². The van der Waals surface area contributed by atoms with Gasteiger partial charge in [-0.3, -0.25) is 24.8 Å². The Morgan fingerprint density at radius 2 is 1.93 bits per heavy atom. The van der Waals surface area contributed by atoms with E-state index >= 15 is 0 Å². The van der Waals surface area contributed by atoms with Crippen LogP contribution >= 0.6 is 0 Å². The highest BCUT2D eigenvalue weighted by Crippen LogP contribution is 2.25. The smallest absolute Gasteiger partial charge is 0.276 e. The van der Waals surface area contributed by atoms with Crippen molar-refractivity contribution in [1.29, 1.82) is 0 Å². The predicted octanol–water partition coefficient (Wildman–Crippen LogP) is 6.52. The molecule has 2 aromatic carbocycles. The van der Waals surface area contributed by atoms with Crippen LogP contribution in [0.5, 0.6) is 0 Å². The fourth-order valence-corrected chi connectivity index (χ4v) is 5.19. The number of hydrogen-bond donors (Lipinski definition) is 2. The standard InChI is InChI=1S/C33H36N6O/c1-23-11-13-39(14-12-23)22-27(19-34-3)15-24(2)28-9-10-31-30(18-28)32(38-37-31)33(40)36-29-17-26(20-35-21-29)16-25-7-5-4-6-8-25/h4-10,15,17-21,23H,3,11-14,16,22H2,1-2H3,(H,36,40)(H,37,38)/b24-15+,27-19+. The Morgan fingerprint density at radius 3 is 2.70 bits per heavy atom. The van der Waals surface area contributed by atoms with Gasteiger partial charge in [0.25, 0.3) is 5.91 Å². The second kappa shape index (κ2) is 12.7. The van der Waals surface area contributed by atoms with Crippen molar-refractivity contribution < 1.29 is 4.79 Å². The number of hydrogen-bond acceptors (Lipinski definition) is 5. The number of nitrogens with zero attached hydrogens (tertiary/aromatic N) is 4. The Balaban J connectivity index is 1.33. The monoisotopic (exact) mass is 532 g/mol. The van der Waals surface area contributed by atoms with Gasteiger partial charge in [0.15, 0.2) is 5.69 Å². The molecule has 0 saturated carbocycles. The Bertz CT molecular complexity index is 1540. The van der Waals surface area contributed by atoms with Crippen LogP contribution in [0.3, 0.4) is 0 Å². The van der Waals surface area contributed by atoms with Gasteiger partial charge in [-0.05, 0) is 97.9 Å². The number of likely N-dealkylation sites (tertiary alicyclic amines) is 1. The lowest BCUT2D eigenvalue weighted by atomic mass is 9.98. The van der Waals surface area contributed by atoms with Crippen LogP contribution in [0.2, 0.25) is 0 Å². The predicted molar refractivity (Wildman–Crippen MR) is 164 cm³/mol. The first-order chi connectivity index (χ1) is 19.5. The zero-order valence-electron chi connectivity index (χ0n) is 23.2. The number of piperidine rings is 1. The van der Waals surface area contributed by atoms with E-state index in [9.17, 15) is 4.79 Å². The Labute approximate surface area is 235 Å². The van der Waals surface area contributed by atoms with Gasteiger partial charge in [0.2, 0.25) is 0 Å². The van der Waals surface area contributed by atoms with Gasteiger partial charge < -0.3 is 5.32 Å². The molecule has 204 valence electrons. The molecule has 1 fully saturated rings. The van der Waals surface area contributed by atoms with Gasteiger partial charge in [-0.1, -0.05) is 49.4 Å². The molecule has 40 heavy (non-hydrogen) atoms. The maximum absolute atomic E-state index is 13.3. The quantitative estimate of drug-likeness (QED) is 0.190. The molecule has 2 N–H and O–H groups in total. The second-order valence-corrected chi connectivity index (χ2v) is 10.7. The minimum atomic E-state index is -0.278. The molecule has 7 heteroatoms. The summed E-state index contributed by atoms with van der Waals surface area (Å²) in [4.78, 5) is 24.1. The number of benzene rings is 2. The number of carbonyl (C=O) groups is 1. The topological polar surface area (TPSA) is 86.3 Å². The lowest BCUT2D eigenvalue weighted by Gasteiger charge is -2.30. The van der Waals surface area contributed by atoms with Crippen molar-refractivity contribution in [3.8, 4) is 0 Å². The zero-order valence-corrected chi connectivity index (χ0v) is 23.2. The molecule has 4 aromatic rings. The van der Waals surface area contributed by atoms with Crippen molar-refractivity contribution in [3.63, 3.8) is 0 Å². The van der Waals surface area contributed by atoms with Crippen LogP contribution < -0.4 is 5.32 Å². The largest absolute Gasteiger partial charge is 0.319 e. The summed E-state index contributed by atoms with van der Waals surface area (Å²) >= 11 is 0. The first-order valence-corrected chi connectivity index (χ1v) is 13.8. The Morgan fingerprint density at radius 1 is 1.12 bits per heavy atom. The van der Waals surface area contributed by atoms with E-state index in [1.807, 2.05) is 54.9 Å². The van der Waals surface area contributed by atoms with Crippen LogP contribution in [0.15, 0.2) is 89.8 Å². The molecule has 1 aliphatic rings. The number of aromatic nitrogens is 3. The number of allylic oxidation sites excluding steroid dienone is 1. The SMILES string of the molecule is C=N/C=C(\C=C(/C)c1ccc2[nH]nc(C(=O)Nc3cncc(Cc4ccccc4)c3)c2c1)CN1CCC(C)CC1. The third-order valence-electron chi connectivity index (χ3n) is 7.48. The summed E-state index contributed by atoms with van der Waals surface area (Å²) in [5.41, 5.74) is 7.25. The number of H-pyrrole nitrogens is 1. The molecule has 0 atom stereocenters. The van der Waals surface area contributed by atoms with E-state index < -0.39 is 0 Å². The average Bonchev–Trinajstić information content (AvgIpc) is 3.39. The molecule has 0 radical (unpaired) electrons. The number of anilines is 1. The molecule has 0 bridgehead atoms. The van der Waals surface area contributed by atoms with Crippen molar-refractivity contribution in [3.05, 3.63) is 107 Å². The fourth-order valence-electron chi connectivity index (χ4n) is 5.19. The van der Waals surface area contributed by atoms with Crippen LogP contribution in [0.4, 0.5) is 5.69 Å². The van der Waals surface area contributed by atoms with Crippen molar-refractivity contribution in [2.45, 2.75) is 33.1 Å². The summed E-state index contributed by atoms with van der Waals surface area (Å²) in [6.45, 7) is 11.1. The van der Waals surface area contributed by atoms with Gasteiger partial charge in [0, 0.05) is 24.3 Å². The summed E-state index contributed by atoms with van der Waals surface area (Å²) in [6, 6.07) is 18.2. The maximum atomic E-state index is 13.3. The average molecular weight is 533 g/mol. The molecule has 7 nitrogen and oxygen atoms in total. The van der Waals surface area contributed by atoms with Crippen LogP contribution in [0, 0.1) is 5.92 Å². The first kappa shape index (κ1) is 27.2. The van der Waals surface area contributed by atoms with E-state index in [0.29, 0.717) is 11.4 Å². The summed E-state index contributed by atoms with van der Waals surface area (Å²) in [6.07, 6.45) is 10.7. The molecule has 1 amide bonds. The number of aliphatic imine (C=N–C) groups is 1. The van der Waals surface area contributed by atoms with E-state index in [1.54, 1.807) is 6.20 Å². The molecule has 2 aromatic heterocycles. The number of carbonyl (C=O) groups excluding carboxylic acids is 1. The Hall–Kier alpha value is -4.36. The molecule has 0 spiro atoms. The van der Waals surface area contributed by atoms with E-state index in [0.717, 1.165) is 65.1 Å². The molecule has 1 aliphatic heterocycles. The number of pyridine rings is 1. The highest BCUT2D eigenvalue weighted by Gasteiger charge is 2.18. The van der Waals surface area contributed by atoms with Gasteiger partial charge >= 0.3 is 0 Å². The lowest BCUT2D eigenvalue weighted by Crippen LogP contribution is -2.34. The van der Waals surface area contributed by atoms with Crippen LogP contribution in [0.1, 0.15) is 53.9 Å². The molecule has 1 saturated heterocycles. The molecular formula is C33H36N6O. The first-order valence-electron chi connectivity index (χ1n) is 13.8. The Kier molecular flexibility index (Phi) is 8.62. The van der Waals surface area contributed by atoms with Crippen molar-refractivity contribution in [2.75, 3.05) is 25.0 Å². The number of aromatic amines is 1. The molecular weight excluding hydrogens is 496 g/mol. The minimum absolute atomic E-state index is 0.278. The number of amides is 1. The maximum Gasteiger partial charge on any atom is 0.276 e. The van der Waals surface area contributed by atoms with Crippen molar-refractivity contribution in [1.82, 2.24) is 20.1 Å². The number of rotatable bonds is 9. The van der Waals surface area contributed by atoms with Crippen LogP contribution in [0.25, 0.3) is 16.5 Å². The van der Waals surface area contributed by atoms with Gasteiger partial charge in [-0.15, -0.1) is 0 Å². The molecule has 3 heterocycles. The normalized spacial score (nSPS) is 15.3. The molecule has 5 rings (SSSR count). The van der Waals surface area contributed by atoms with Gasteiger partial charge in [-0.2, -0.15) is 5.10 Å². The van der Waals surface area contributed by atoms with E-state index in [4.69, 9.17) is 0 Å². The minimum Gasteiger partial charge on any atom is -0.319 e. The van der Waals surface area contributed by atoms with Crippen LogP contribution in [-0.4, -0.2) is 52.3 Å². The molecule has 0 unspecified atom stereocenters. The fraction of sp³-hybridized carbons (Fsp3) is 0.273. The van der Waals surface area contributed by atoms with Gasteiger partial charge in [0.1, 0.15) is 0 Å². The third kappa shape index (κ3) is 6.79. The summed E-state index contributed by atoms with van der Waals surface area (Å²) in [5, 5.41) is 11.1. The number of nitrogens with one attached hydrogen (secondary N) is 2. The van der Waals surface area contributed by atoms with Gasteiger partial charge in [-0.25, -0.2) is 0 Å². The highest BCUT2D eigenvalue weighted by molar-refractivity contribution is 6.11. The summed E-state index contributed by atoms with van der Waals surface area (Å²) < 4.78 is 0. The highest BCUT2D eigenvalue weighted by atomic mass is 16.1. The summed E-state index contributed by atoms with van der Waals surface area (Å²) in [7, 11) is 0. The zero-order chi connectivity index (χ0) is 27.9. The van der Waals surface area contributed by atoms with Crippen LogP contribution in [-0.2, 0) is 6.42 Å². The lowest BCUT2D eigenvalue weighted by molar-refractivity contribution is 0.102. The van der Waals surface area contributed by atoms with E-state index in [-0.39, 0.29) is 5.91 Å². The third-order valence-corrected chi connectivity index (χ3v) is 7.48. The van der Waals surface area contributed by atoms with E-state index in [2.05, 4.69) is 69.2 Å². The molecule has 0 aliphatic carbocycles.